The first kappa shape index (κ1) is 16.0. The monoisotopic (exact) mass is 285 g/mol. The Morgan fingerprint density at radius 1 is 1.47 bits per heavy atom. The zero-order valence-electron chi connectivity index (χ0n) is 11.4. The summed E-state index contributed by atoms with van der Waals surface area (Å²) in [5.41, 5.74) is -0.929. The summed E-state index contributed by atoms with van der Waals surface area (Å²) in [6.07, 6.45) is 0.498. The Bertz CT molecular complexity index is 424. The van der Waals surface area contributed by atoms with Gasteiger partial charge in [-0.05, 0) is 44.2 Å². The minimum Gasteiger partial charge on any atom is -0.480 e. The average Bonchev–Trinajstić information content (AvgIpc) is 2.32. The fraction of sp³-hybridized carbons (Fsp3) is 0.500. The number of carboxylic acids is 1. The molecule has 3 nitrogen and oxygen atoms in total. The van der Waals surface area contributed by atoms with E-state index in [1.807, 2.05) is 13.8 Å². The van der Waals surface area contributed by atoms with Crippen LogP contribution in [0.5, 0.6) is 0 Å². The van der Waals surface area contributed by atoms with Crippen LogP contribution in [0.4, 0.5) is 4.39 Å². The van der Waals surface area contributed by atoms with Crippen LogP contribution in [0, 0.1) is 5.82 Å². The molecule has 5 heteroatoms. The summed E-state index contributed by atoms with van der Waals surface area (Å²) >= 11 is 1.55. The van der Waals surface area contributed by atoms with Crippen LogP contribution in [0.15, 0.2) is 29.2 Å². The van der Waals surface area contributed by atoms with Gasteiger partial charge >= 0.3 is 5.97 Å². The summed E-state index contributed by atoms with van der Waals surface area (Å²) in [5.74, 6) is -1.11. The number of hydrogen-bond donors (Lipinski definition) is 2. The van der Waals surface area contributed by atoms with Gasteiger partial charge in [0.15, 0.2) is 0 Å². The summed E-state index contributed by atoms with van der Waals surface area (Å²) in [7, 11) is 0. The van der Waals surface area contributed by atoms with Crippen molar-refractivity contribution in [3.8, 4) is 0 Å². The highest BCUT2D eigenvalue weighted by Gasteiger charge is 2.33. The Hall–Kier alpha value is -1.07. The topological polar surface area (TPSA) is 49.3 Å². The standard InChI is InChI=1S/C14H20FNO2S/c1-4-16-14(3,13(17)18)9-10(2)19-12-7-5-11(15)6-8-12/h5-8,10,16H,4,9H2,1-3H3,(H,17,18). The number of rotatable bonds is 7. The Labute approximate surface area is 117 Å². The van der Waals surface area contributed by atoms with Crippen molar-refractivity contribution in [2.75, 3.05) is 6.54 Å². The van der Waals surface area contributed by atoms with E-state index in [4.69, 9.17) is 0 Å². The van der Waals surface area contributed by atoms with E-state index in [1.165, 1.54) is 12.1 Å². The molecule has 0 aliphatic rings. The molecule has 0 spiro atoms. The van der Waals surface area contributed by atoms with E-state index >= 15 is 0 Å². The van der Waals surface area contributed by atoms with Crippen molar-refractivity contribution in [3.63, 3.8) is 0 Å². The first-order valence-electron chi connectivity index (χ1n) is 6.28. The molecule has 0 aromatic heterocycles. The molecule has 0 radical (unpaired) electrons. The maximum atomic E-state index is 12.8. The van der Waals surface area contributed by atoms with Gasteiger partial charge < -0.3 is 10.4 Å². The fourth-order valence-electron chi connectivity index (χ4n) is 1.99. The number of likely N-dealkylation sites (N-methyl/N-ethyl adjacent to an activating group) is 1. The van der Waals surface area contributed by atoms with Crippen LogP contribution in [0.1, 0.15) is 27.2 Å². The smallest absolute Gasteiger partial charge is 0.323 e. The van der Waals surface area contributed by atoms with E-state index < -0.39 is 11.5 Å². The molecule has 0 bridgehead atoms. The van der Waals surface area contributed by atoms with Crippen molar-refractivity contribution >= 4 is 17.7 Å². The second-order valence-corrected chi connectivity index (χ2v) is 6.27. The van der Waals surface area contributed by atoms with Gasteiger partial charge in [-0.15, -0.1) is 11.8 Å². The van der Waals surface area contributed by atoms with Crippen LogP contribution >= 0.6 is 11.8 Å². The van der Waals surface area contributed by atoms with Gasteiger partial charge in [0.1, 0.15) is 11.4 Å². The lowest BCUT2D eigenvalue weighted by Gasteiger charge is -2.28. The van der Waals surface area contributed by atoms with Crippen molar-refractivity contribution in [1.29, 1.82) is 0 Å². The molecule has 19 heavy (non-hydrogen) atoms. The lowest BCUT2D eigenvalue weighted by molar-refractivity contribution is -0.144. The summed E-state index contributed by atoms with van der Waals surface area (Å²) in [6.45, 7) is 6.17. The van der Waals surface area contributed by atoms with Crippen LogP contribution in [0.3, 0.4) is 0 Å². The second-order valence-electron chi connectivity index (χ2n) is 4.75. The number of halogens is 1. The molecule has 1 aromatic carbocycles. The van der Waals surface area contributed by atoms with Gasteiger partial charge in [0, 0.05) is 10.1 Å². The lowest BCUT2D eigenvalue weighted by atomic mass is 9.96. The number of carboxylic acid groups (broad SMARTS) is 1. The van der Waals surface area contributed by atoms with Crippen molar-refractivity contribution < 1.29 is 14.3 Å². The van der Waals surface area contributed by atoms with Crippen LogP contribution in [0.2, 0.25) is 0 Å². The van der Waals surface area contributed by atoms with Crippen LogP contribution in [-0.4, -0.2) is 28.4 Å². The van der Waals surface area contributed by atoms with Crippen LogP contribution < -0.4 is 5.32 Å². The number of nitrogens with one attached hydrogen (secondary N) is 1. The van der Waals surface area contributed by atoms with Gasteiger partial charge in [-0.25, -0.2) is 4.39 Å². The largest absolute Gasteiger partial charge is 0.480 e. The van der Waals surface area contributed by atoms with Crippen LogP contribution in [-0.2, 0) is 4.79 Å². The van der Waals surface area contributed by atoms with Crippen molar-refractivity contribution in [2.24, 2.45) is 0 Å². The third-order valence-corrected chi connectivity index (χ3v) is 4.00. The molecule has 0 fully saturated rings. The number of carbonyl (C=O) groups is 1. The third-order valence-electron chi connectivity index (χ3n) is 2.89. The Balaban J connectivity index is 2.65. The van der Waals surface area contributed by atoms with Crippen LogP contribution in [0.25, 0.3) is 0 Å². The quantitative estimate of drug-likeness (QED) is 0.756. The highest BCUT2D eigenvalue weighted by molar-refractivity contribution is 7.99. The minimum atomic E-state index is -0.929. The fourth-order valence-corrected chi connectivity index (χ4v) is 3.16. The predicted molar refractivity (Wildman–Crippen MR) is 76.1 cm³/mol. The zero-order chi connectivity index (χ0) is 14.5. The third kappa shape index (κ3) is 4.84. The molecule has 0 amide bonds. The van der Waals surface area contributed by atoms with E-state index in [9.17, 15) is 14.3 Å². The number of benzene rings is 1. The Morgan fingerprint density at radius 2 is 2.05 bits per heavy atom. The van der Waals surface area contributed by atoms with Gasteiger partial charge in [0.25, 0.3) is 0 Å². The Kier molecular flexibility index (Phi) is 5.82. The molecular weight excluding hydrogens is 265 g/mol. The molecule has 2 unspecified atom stereocenters. The first-order chi connectivity index (χ1) is 8.87. The molecule has 0 aliphatic carbocycles. The normalized spacial score (nSPS) is 15.8. The molecule has 0 saturated heterocycles. The van der Waals surface area contributed by atoms with Crippen molar-refractivity contribution in [2.45, 2.75) is 42.9 Å². The molecule has 1 rings (SSSR count). The van der Waals surface area contributed by atoms with Gasteiger partial charge in [-0.2, -0.15) is 0 Å². The summed E-state index contributed by atoms with van der Waals surface area (Å²) < 4.78 is 12.8. The number of hydrogen-bond acceptors (Lipinski definition) is 3. The number of thioether (sulfide) groups is 1. The molecule has 0 aliphatic heterocycles. The van der Waals surface area contributed by atoms with E-state index in [1.54, 1.807) is 30.8 Å². The van der Waals surface area contributed by atoms with Gasteiger partial charge in [0.2, 0.25) is 0 Å². The van der Waals surface area contributed by atoms with Gasteiger partial charge in [0.05, 0.1) is 0 Å². The molecule has 1 aromatic rings. The van der Waals surface area contributed by atoms with Crippen molar-refractivity contribution in [3.05, 3.63) is 30.1 Å². The Morgan fingerprint density at radius 3 is 2.53 bits per heavy atom. The van der Waals surface area contributed by atoms with Gasteiger partial charge in [-0.3, -0.25) is 4.79 Å². The molecular formula is C14H20FNO2S. The summed E-state index contributed by atoms with van der Waals surface area (Å²) in [6, 6.07) is 6.25. The molecule has 0 heterocycles. The molecule has 2 atom stereocenters. The highest BCUT2D eigenvalue weighted by Crippen LogP contribution is 2.29. The molecule has 106 valence electrons. The van der Waals surface area contributed by atoms with Crippen molar-refractivity contribution in [1.82, 2.24) is 5.32 Å². The summed E-state index contributed by atoms with van der Waals surface area (Å²) in [5, 5.41) is 12.4. The first-order valence-corrected chi connectivity index (χ1v) is 7.16. The van der Waals surface area contributed by atoms with E-state index in [-0.39, 0.29) is 11.1 Å². The second kappa shape index (κ2) is 6.91. The van der Waals surface area contributed by atoms with E-state index in [0.29, 0.717) is 13.0 Å². The summed E-state index contributed by atoms with van der Waals surface area (Å²) in [4.78, 5) is 12.3. The SMILES string of the molecule is CCNC(C)(CC(C)Sc1ccc(F)cc1)C(=O)O. The molecule has 2 N–H and O–H groups in total. The zero-order valence-corrected chi connectivity index (χ0v) is 12.3. The maximum Gasteiger partial charge on any atom is 0.323 e. The van der Waals surface area contributed by atoms with Gasteiger partial charge in [-0.1, -0.05) is 13.8 Å². The number of aliphatic carboxylic acids is 1. The maximum absolute atomic E-state index is 12.8. The average molecular weight is 285 g/mol. The van der Waals surface area contributed by atoms with E-state index in [0.717, 1.165) is 4.90 Å². The predicted octanol–water partition coefficient (Wildman–Crippen LogP) is 3.15. The van der Waals surface area contributed by atoms with E-state index in [2.05, 4.69) is 5.32 Å². The lowest BCUT2D eigenvalue weighted by Crippen LogP contribution is -2.50. The highest BCUT2D eigenvalue weighted by atomic mass is 32.2. The molecule has 0 saturated carbocycles. The minimum absolute atomic E-state index is 0.116.